The highest BCUT2D eigenvalue weighted by Crippen LogP contribution is 2.24. The molecular weight excluding hydrogens is 478 g/mol. The van der Waals surface area contributed by atoms with Crippen LogP contribution in [-0.2, 0) is 0 Å². The molecule has 0 fully saturated rings. The van der Waals surface area contributed by atoms with Gasteiger partial charge in [0.25, 0.3) is 11.8 Å². The van der Waals surface area contributed by atoms with Crippen molar-refractivity contribution in [2.75, 3.05) is 5.32 Å². The Morgan fingerprint density at radius 1 is 0.861 bits per heavy atom. The number of amides is 2. The van der Waals surface area contributed by atoms with E-state index in [1.807, 2.05) is 24.3 Å². The Hall–Kier alpha value is -4.69. The summed E-state index contributed by atoms with van der Waals surface area (Å²) in [6.45, 7) is 0. The highest BCUT2D eigenvalue weighted by atomic mass is 35.5. The number of hydrogen-bond acceptors (Lipinski definition) is 5. The van der Waals surface area contributed by atoms with Gasteiger partial charge in [-0.05, 0) is 65.7 Å². The lowest BCUT2D eigenvalue weighted by atomic mass is 9.99. The number of anilines is 1. The molecule has 0 bridgehead atoms. The second-order valence-electron chi connectivity index (χ2n) is 7.93. The van der Waals surface area contributed by atoms with E-state index in [0.29, 0.717) is 21.8 Å². The van der Waals surface area contributed by atoms with Gasteiger partial charge in [-0.3, -0.25) is 14.6 Å². The predicted octanol–water partition coefficient (Wildman–Crippen LogP) is 5.29. The molecule has 2 aromatic carbocycles. The van der Waals surface area contributed by atoms with E-state index in [1.54, 1.807) is 71.9 Å². The molecule has 0 aliphatic carbocycles. The van der Waals surface area contributed by atoms with Crippen LogP contribution in [0.15, 0.2) is 108 Å². The minimum Gasteiger partial charge on any atom is -0.472 e. The Kier molecular flexibility index (Phi) is 6.59. The second kappa shape index (κ2) is 10.3. The van der Waals surface area contributed by atoms with Gasteiger partial charge in [0.2, 0.25) is 0 Å². The van der Waals surface area contributed by atoms with Crippen LogP contribution < -0.4 is 10.6 Å². The average Bonchev–Trinajstić information content (AvgIpc) is 3.61. The molecule has 5 aromatic rings. The van der Waals surface area contributed by atoms with Crippen LogP contribution in [0.4, 0.5) is 5.69 Å². The molecule has 0 saturated heterocycles. The molecule has 9 heteroatoms. The van der Waals surface area contributed by atoms with Crippen LogP contribution in [0, 0.1) is 0 Å². The summed E-state index contributed by atoms with van der Waals surface area (Å²) < 4.78 is 6.55. The molecule has 36 heavy (non-hydrogen) atoms. The summed E-state index contributed by atoms with van der Waals surface area (Å²) in [4.78, 5) is 29.4. The molecule has 0 unspecified atom stereocenters. The Labute approximate surface area is 211 Å². The maximum Gasteiger partial charge on any atom is 0.259 e. The van der Waals surface area contributed by atoms with Crippen molar-refractivity contribution in [3.63, 3.8) is 0 Å². The quantitative estimate of drug-likeness (QED) is 0.318. The number of rotatable bonds is 7. The van der Waals surface area contributed by atoms with Crippen LogP contribution in [0.3, 0.4) is 0 Å². The molecule has 2 amide bonds. The van der Waals surface area contributed by atoms with Crippen molar-refractivity contribution in [2.24, 2.45) is 0 Å². The minimum absolute atomic E-state index is 0.230. The fourth-order valence-corrected chi connectivity index (χ4v) is 3.80. The fourth-order valence-electron chi connectivity index (χ4n) is 3.68. The number of benzene rings is 2. The first kappa shape index (κ1) is 23.1. The Bertz CT molecular complexity index is 1460. The van der Waals surface area contributed by atoms with Crippen LogP contribution in [0.5, 0.6) is 0 Å². The topological polar surface area (TPSA) is 102 Å². The van der Waals surface area contributed by atoms with Gasteiger partial charge in [0.1, 0.15) is 6.26 Å². The van der Waals surface area contributed by atoms with Crippen molar-refractivity contribution in [3.05, 3.63) is 131 Å². The molecular formula is C27H20ClN5O3. The first-order chi connectivity index (χ1) is 17.6. The minimum atomic E-state index is -0.370. The van der Waals surface area contributed by atoms with Crippen LogP contribution in [-0.4, -0.2) is 26.6 Å². The molecule has 0 aliphatic heterocycles. The third-order valence-corrected chi connectivity index (χ3v) is 5.79. The summed E-state index contributed by atoms with van der Waals surface area (Å²) in [6.07, 6.45) is 9.42. The van der Waals surface area contributed by atoms with Crippen LogP contribution in [0.2, 0.25) is 5.02 Å². The molecule has 5 rings (SSSR count). The normalized spacial score (nSPS) is 11.6. The zero-order valence-corrected chi connectivity index (χ0v) is 19.6. The van der Waals surface area contributed by atoms with E-state index in [1.165, 1.54) is 12.5 Å². The molecule has 3 aromatic heterocycles. The summed E-state index contributed by atoms with van der Waals surface area (Å²) in [5.74, 6) is -0.522. The second-order valence-corrected chi connectivity index (χ2v) is 8.36. The lowest BCUT2D eigenvalue weighted by molar-refractivity contribution is 0.0942. The maximum atomic E-state index is 13.1. The number of hydrogen-bond donors (Lipinski definition) is 2. The van der Waals surface area contributed by atoms with Crippen molar-refractivity contribution in [1.29, 1.82) is 0 Å². The summed E-state index contributed by atoms with van der Waals surface area (Å²) in [7, 11) is 0. The zero-order valence-electron chi connectivity index (χ0n) is 18.8. The Morgan fingerprint density at radius 2 is 1.58 bits per heavy atom. The highest BCUT2D eigenvalue weighted by molar-refractivity contribution is 6.30. The summed E-state index contributed by atoms with van der Waals surface area (Å²) in [5, 5.41) is 10.8. The summed E-state index contributed by atoms with van der Waals surface area (Å²) in [5.41, 5.74) is 3.98. The van der Waals surface area contributed by atoms with Gasteiger partial charge in [-0.1, -0.05) is 23.7 Å². The van der Waals surface area contributed by atoms with Crippen molar-refractivity contribution in [1.82, 2.24) is 20.1 Å². The van der Waals surface area contributed by atoms with Crippen molar-refractivity contribution in [3.8, 4) is 5.69 Å². The number of carbonyl (C=O) groups is 2. The van der Waals surface area contributed by atoms with Gasteiger partial charge in [-0.25, -0.2) is 4.68 Å². The fraction of sp³-hybridized carbons (Fsp3) is 0.0370. The third-order valence-electron chi connectivity index (χ3n) is 5.54. The number of pyridine rings is 1. The van der Waals surface area contributed by atoms with E-state index in [4.69, 9.17) is 16.0 Å². The van der Waals surface area contributed by atoms with E-state index in [9.17, 15) is 9.59 Å². The first-order valence-corrected chi connectivity index (χ1v) is 11.4. The van der Waals surface area contributed by atoms with Crippen molar-refractivity contribution < 1.29 is 14.0 Å². The van der Waals surface area contributed by atoms with Gasteiger partial charge in [0.15, 0.2) is 0 Å². The average molecular weight is 498 g/mol. The van der Waals surface area contributed by atoms with E-state index < -0.39 is 0 Å². The van der Waals surface area contributed by atoms with E-state index in [0.717, 1.165) is 16.8 Å². The van der Waals surface area contributed by atoms with Gasteiger partial charge in [-0.15, -0.1) is 0 Å². The largest absolute Gasteiger partial charge is 0.472 e. The van der Waals surface area contributed by atoms with Crippen LogP contribution >= 0.6 is 11.6 Å². The van der Waals surface area contributed by atoms with Gasteiger partial charge in [0, 0.05) is 23.0 Å². The number of nitrogens with zero attached hydrogens (tertiary/aromatic N) is 3. The van der Waals surface area contributed by atoms with Gasteiger partial charge < -0.3 is 15.1 Å². The Morgan fingerprint density at radius 3 is 2.28 bits per heavy atom. The summed E-state index contributed by atoms with van der Waals surface area (Å²) in [6, 6.07) is 19.3. The number of nitrogens with one attached hydrogen (secondary N) is 2. The molecule has 2 N–H and O–H groups in total. The predicted molar refractivity (Wildman–Crippen MR) is 135 cm³/mol. The lowest BCUT2D eigenvalue weighted by Crippen LogP contribution is -2.29. The number of furan rings is 1. The molecule has 0 spiro atoms. The van der Waals surface area contributed by atoms with Gasteiger partial charge in [-0.2, -0.15) is 5.10 Å². The number of aromatic nitrogens is 3. The zero-order chi connectivity index (χ0) is 24.9. The number of carbonyl (C=O) groups excluding carboxylic acids is 2. The smallest absolute Gasteiger partial charge is 0.259 e. The van der Waals surface area contributed by atoms with Gasteiger partial charge in [0.05, 0.1) is 41.6 Å². The first-order valence-electron chi connectivity index (χ1n) is 11.0. The standard InChI is InChI=1S/C27H20ClN5O3/c28-22-5-1-18(2-6-22)25(19-9-12-29-13-10-19)32-26(34)20-3-7-24(8-4-20)33-16-23(15-30-33)31-27(35)21-11-14-36-17-21/h1-17,25H,(H,31,35)(H,32,34)/t25-/m0/s1. The monoisotopic (exact) mass is 497 g/mol. The van der Waals surface area contributed by atoms with Gasteiger partial charge >= 0.3 is 0 Å². The van der Waals surface area contributed by atoms with E-state index >= 15 is 0 Å². The molecule has 178 valence electrons. The Balaban J connectivity index is 1.30. The number of halogens is 1. The molecule has 8 nitrogen and oxygen atoms in total. The molecule has 1 atom stereocenters. The third kappa shape index (κ3) is 5.18. The van der Waals surface area contributed by atoms with Crippen molar-refractivity contribution in [2.45, 2.75) is 6.04 Å². The van der Waals surface area contributed by atoms with E-state index in [2.05, 4.69) is 20.7 Å². The lowest BCUT2D eigenvalue weighted by Gasteiger charge is -2.20. The molecule has 0 aliphatic rings. The molecule has 0 saturated carbocycles. The summed E-state index contributed by atoms with van der Waals surface area (Å²) >= 11 is 6.05. The van der Waals surface area contributed by atoms with Crippen molar-refractivity contribution >= 4 is 29.1 Å². The van der Waals surface area contributed by atoms with E-state index in [-0.39, 0.29) is 17.9 Å². The van der Waals surface area contributed by atoms with Crippen LogP contribution in [0.1, 0.15) is 37.9 Å². The molecule has 0 radical (unpaired) electrons. The maximum absolute atomic E-state index is 13.1. The molecule has 3 heterocycles. The van der Waals surface area contributed by atoms with Crippen LogP contribution in [0.25, 0.3) is 5.69 Å². The SMILES string of the molecule is O=C(Nc1cnn(-c2ccc(C(=O)N[C@H](c3ccncc3)c3ccc(Cl)cc3)cc2)c1)c1ccoc1. The highest BCUT2D eigenvalue weighted by Gasteiger charge is 2.18.